The molecule has 1 heterocycles. The zero-order valence-corrected chi connectivity index (χ0v) is 16.0. The number of aldehydes is 1. The highest BCUT2D eigenvalue weighted by molar-refractivity contribution is 9.09. The number of furan rings is 1. The second-order valence-corrected chi connectivity index (χ2v) is 6.95. The summed E-state index contributed by atoms with van der Waals surface area (Å²) >= 11 is 9.38. The van der Waals surface area contributed by atoms with E-state index in [9.17, 15) is 4.79 Å². The van der Waals surface area contributed by atoms with Crippen LogP contribution in [-0.2, 0) is 0 Å². The molecule has 5 heteroatoms. The lowest BCUT2D eigenvalue weighted by Crippen LogP contribution is -1.97. The lowest BCUT2D eigenvalue weighted by molar-refractivity contribution is 0.110. The van der Waals surface area contributed by atoms with Crippen molar-refractivity contribution in [3.8, 4) is 16.9 Å². The smallest absolute Gasteiger partial charge is 0.186 e. The van der Waals surface area contributed by atoms with Crippen LogP contribution in [0.4, 0.5) is 0 Å². The molecular weight excluding hydrogens is 404 g/mol. The van der Waals surface area contributed by atoms with Gasteiger partial charge in [-0.05, 0) is 49.1 Å². The van der Waals surface area contributed by atoms with E-state index in [-0.39, 0.29) is 0 Å². The summed E-state index contributed by atoms with van der Waals surface area (Å²) in [5.41, 5.74) is 2.32. The van der Waals surface area contributed by atoms with E-state index in [1.807, 2.05) is 30.3 Å². The molecule has 0 saturated carbocycles. The summed E-state index contributed by atoms with van der Waals surface area (Å²) in [5, 5.41) is 2.56. The largest absolute Gasteiger partial charge is 0.493 e. The van der Waals surface area contributed by atoms with Crippen molar-refractivity contribution in [2.45, 2.75) is 19.3 Å². The van der Waals surface area contributed by atoms with Crippen molar-refractivity contribution < 1.29 is 13.9 Å². The minimum atomic E-state index is 0.312. The quantitative estimate of drug-likeness (QED) is 0.236. The van der Waals surface area contributed by atoms with Gasteiger partial charge in [-0.2, -0.15) is 0 Å². The average Bonchev–Trinajstić information content (AvgIpc) is 3.00. The maximum atomic E-state index is 11.4. The molecule has 0 aliphatic rings. The Morgan fingerprint density at radius 2 is 1.88 bits per heavy atom. The molecule has 3 rings (SSSR count). The van der Waals surface area contributed by atoms with E-state index in [2.05, 4.69) is 15.9 Å². The minimum Gasteiger partial charge on any atom is -0.493 e. The third kappa shape index (κ3) is 4.25. The molecule has 0 saturated heterocycles. The van der Waals surface area contributed by atoms with Crippen LogP contribution in [0.2, 0.25) is 5.02 Å². The molecule has 3 nitrogen and oxygen atoms in total. The van der Waals surface area contributed by atoms with Crippen molar-refractivity contribution >= 4 is 44.8 Å². The maximum absolute atomic E-state index is 11.4. The molecule has 0 radical (unpaired) electrons. The predicted octanol–water partition coefficient (Wildman–Crippen LogP) is 6.51. The Bertz CT molecular complexity index is 855. The molecule has 0 bridgehead atoms. The summed E-state index contributed by atoms with van der Waals surface area (Å²) in [6.45, 7) is 0.670. The topological polar surface area (TPSA) is 39.4 Å². The van der Waals surface area contributed by atoms with Crippen molar-refractivity contribution in [2.75, 3.05) is 11.9 Å². The third-order valence-corrected chi connectivity index (χ3v) is 4.79. The van der Waals surface area contributed by atoms with E-state index in [0.29, 0.717) is 23.0 Å². The summed E-state index contributed by atoms with van der Waals surface area (Å²) in [6.07, 6.45) is 4.03. The van der Waals surface area contributed by atoms with Gasteiger partial charge >= 0.3 is 0 Å². The Balaban J connectivity index is 1.86. The van der Waals surface area contributed by atoms with E-state index < -0.39 is 0 Å². The van der Waals surface area contributed by atoms with Gasteiger partial charge in [-0.1, -0.05) is 39.7 Å². The Morgan fingerprint density at radius 1 is 1.08 bits per heavy atom. The number of alkyl halides is 1. The van der Waals surface area contributed by atoms with Crippen LogP contribution in [0.1, 0.15) is 29.8 Å². The van der Waals surface area contributed by atoms with E-state index in [0.717, 1.165) is 53.1 Å². The first kappa shape index (κ1) is 18.0. The molecule has 0 aliphatic carbocycles. The first-order valence-corrected chi connectivity index (χ1v) is 9.69. The van der Waals surface area contributed by atoms with E-state index in [1.54, 1.807) is 12.1 Å². The van der Waals surface area contributed by atoms with Crippen molar-refractivity contribution in [3.63, 3.8) is 0 Å². The number of ether oxygens (including phenoxy) is 1. The van der Waals surface area contributed by atoms with E-state index in [1.165, 1.54) is 0 Å². The normalized spacial score (nSPS) is 11.0. The molecule has 130 valence electrons. The standard InChI is InChI=1S/C20H18BrClO3/c21-10-2-1-3-11-24-16-8-9-17-18(12-16)25-19(13-23)20(17)14-4-6-15(22)7-5-14/h4-9,12-13H,1-3,10-11H2. The summed E-state index contributed by atoms with van der Waals surface area (Å²) in [4.78, 5) is 11.4. The van der Waals surface area contributed by atoms with Gasteiger partial charge in [0, 0.05) is 27.4 Å². The first-order chi connectivity index (χ1) is 12.2. The van der Waals surface area contributed by atoms with Crippen LogP contribution in [0.25, 0.3) is 22.1 Å². The van der Waals surface area contributed by atoms with Gasteiger partial charge in [0.2, 0.25) is 0 Å². The maximum Gasteiger partial charge on any atom is 0.186 e. The van der Waals surface area contributed by atoms with Crippen LogP contribution < -0.4 is 4.74 Å². The van der Waals surface area contributed by atoms with Crippen LogP contribution in [0.3, 0.4) is 0 Å². The Kier molecular flexibility index (Phi) is 6.16. The molecule has 0 N–H and O–H groups in total. The number of carbonyl (C=O) groups excluding carboxylic acids is 1. The van der Waals surface area contributed by atoms with Gasteiger partial charge in [0.15, 0.2) is 12.0 Å². The lowest BCUT2D eigenvalue weighted by atomic mass is 10.0. The SMILES string of the molecule is O=Cc1oc2cc(OCCCCCBr)ccc2c1-c1ccc(Cl)cc1. The molecule has 0 fully saturated rings. The first-order valence-electron chi connectivity index (χ1n) is 8.19. The molecule has 0 atom stereocenters. The third-order valence-electron chi connectivity index (χ3n) is 3.98. The van der Waals surface area contributed by atoms with Gasteiger partial charge in [0.25, 0.3) is 0 Å². The van der Waals surface area contributed by atoms with E-state index >= 15 is 0 Å². The summed E-state index contributed by atoms with van der Waals surface area (Å²) < 4.78 is 11.5. The van der Waals surface area contributed by atoms with Crippen LogP contribution >= 0.6 is 27.5 Å². The van der Waals surface area contributed by atoms with Gasteiger partial charge in [-0.3, -0.25) is 4.79 Å². The Hall–Kier alpha value is -1.78. The Labute approximate surface area is 160 Å². The van der Waals surface area contributed by atoms with Gasteiger partial charge in [0.1, 0.15) is 11.3 Å². The van der Waals surface area contributed by atoms with Crippen LogP contribution in [-0.4, -0.2) is 18.2 Å². The second kappa shape index (κ2) is 8.54. The molecule has 0 spiro atoms. The molecule has 3 aromatic rings. The molecule has 0 amide bonds. The van der Waals surface area contributed by atoms with Crippen LogP contribution in [0, 0.1) is 0 Å². The zero-order valence-electron chi connectivity index (χ0n) is 13.6. The van der Waals surface area contributed by atoms with Crippen molar-refractivity contribution in [3.05, 3.63) is 53.2 Å². The Morgan fingerprint density at radius 3 is 2.60 bits per heavy atom. The summed E-state index contributed by atoms with van der Waals surface area (Å²) in [5.74, 6) is 1.06. The molecule has 0 aliphatic heterocycles. The lowest BCUT2D eigenvalue weighted by Gasteiger charge is -2.06. The van der Waals surface area contributed by atoms with Gasteiger partial charge in [-0.25, -0.2) is 0 Å². The monoisotopic (exact) mass is 420 g/mol. The fraction of sp³-hybridized carbons (Fsp3) is 0.250. The highest BCUT2D eigenvalue weighted by Gasteiger charge is 2.16. The fourth-order valence-electron chi connectivity index (χ4n) is 2.75. The highest BCUT2D eigenvalue weighted by atomic mass is 79.9. The summed E-state index contributed by atoms with van der Waals surface area (Å²) in [6, 6.07) is 13.1. The highest BCUT2D eigenvalue weighted by Crippen LogP contribution is 2.36. The minimum absolute atomic E-state index is 0.312. The number of hydrogen-bond donors (Lipinski definition) is 0. The number of fused-ring (bicyclic) bond motifs is 1. The second-order valence-electron chi connectivity index (χ2n) is 5.72. The molecule has 2 aromatic carbocycles. The number of hydrogen-bond acceptors (Lipinski definition) is 3. The number of carbonyl (C=O) groups is 1. The van der Waals surface area contributed by atoms with Crippen LogP contribution in [0.15, 0.2) is 46.9 Å². The number of rotatable bonds is 8. The number of benzene rings is 2. The van der Waals surface area contributed by atoms with Gasteiger partial charge in [0.05, 0.1) is 6.61 Å². The molecular formula is C20H18BrClO3. The van der Waals surface area contributed by atoms with Gasteiger partial charge < -0.3 is 9.15 Å². The van der Waals surface area contributed by atoms with Gasteiger partial charge in [-0.15, -0.1) is 0 Å². The summed E-state index contributed by atoms with van der Waals surface area (Å²) in [7, 11) is 0. The zero-order chi connectivity index (χ0) is 17.6. The van der Waals surface area contributed by atoms with Crippen molar-refractivity contribution in [2.24, 2.45) is 0 Å². The number of unbranched alkanes of at least 4 members (excludes halogenated alkanes) is 2. The van der Waals surface area contributed by atoms with Crippen molar-refractivity contribution in [1.29, 1.82) is 0 Å². The van der Waals surface area contributed by atoms with E-state index in [4.69, 9.17) is 20.8 Å². The fourth-order valence-corrected chi connectivity index (χ4v) is 3.27. The van der Waals surface area contributed by atoms with Crippen LogP contribution in [0.5, 0.6) is 5.75 Å². The molecule has 1 aromatic heterocycles. The number of halogens is 2. The van der Waals surface area contributed by atoms with Crippen molar-refractivity contribution in [1.82, 2.24) is 0 Å². The average molecular weight is 422 g/mol. The molecule has 25 heavy (non-hydrogen) atoms. The predicted molar refractivity (Wildman–Crippen MR) is 105 cm³/mol. The molecule has 0 unspecified atom stereocenters.